The summed E-state index contributed by atoms with van der Waals surface area (Å²) in [6.45, 7) is 4.09. The summed E-state index contributed by atoms with van der Waals surface area (Å²) >= 11 is 0. The van der Waals surface area contributed by atoms with Crippen molar-refractivity contribution >= 4 is 0 Å². The standard InChI is InChI=1S/C10H11N3/c1-8-4-5-9(2)13(8)10-11-6-3-7-12-10/h3-7H,1-2H3. The number of nitrogens with zero attached hydrogens (tertiary/aromatic N) is 3. The van der Waals surface area contributed by atoms with Crippen molar-refractivity contribution in [3.05, 3.63) is 42.0 Å². The lowest BCUT2D eigenvalue weighted by Crippen LogP contribution is -2.03. The van der Waals surface area contributed by atoms with E-state index in [2.05, 4.69) is 22.1 Å². The van der Waals surface area contributed by atoms with Crippen LogP contribution in [0.15, 0.2) is 30.6 Å². The molecule has 66 valence electrons. The van der Waals surface area contributed by atoms with Crippen molar-refractivity contribution in [2.24, 2.45) is 0 Å². The Morgan fingerprint density at radius 2 is 1.54 bits per heavy atom. The molecule has 0 aliphatic rings. The summed E-state index contributed by atoms with van der Waals surface area (Å²) in [6, 6.07) is 5.94. The van der Waals surface area contributed by atoms with E-state index in [0.29, 0.717) is 0 Å². The van der Waals surface area contributed by atoms with Gasteiger partial charge < -0.3 is 0 Å². The summed E-state index contributed by atoms with van der Waals surface area (Å²) in [5.41, 5.74) is 2.31. The van der Waals surface area contributed by atoms with Crippen molar-refractivity contribution in [3.63, 3.8) is 0 Å². The van der Waals surface area contributed by atoms with E-state index in [1.54, 1.807) is 12.4 Å². The first kappa shape index (κ1) is 7.98. The molecule has 0 N–H and O–H groups in total. The van der Waals surface area contributed by atoms with Gasteiger partial charge in [0.25, 0.3) is 0 Å². The Morgan fingerprint density at radius 1 is 1.00 bits per heavy atom. The van der Waals surface area contributed by atoms with Gasteiger partial charge in [0.05, 0.1) is 0 Å². The smallest absolute Gasteiger partial charge is 0.233 e. The van der Waals surface area contributed by atoms with Crippen LogP contribution in [-0.2, 0) is 0 Å². The van der Waals surface area contributed by atoms with Gasteiger partial charge in [0.1, 0.15) is 0 Å². The Kier molecular flexibility index (Phi) is 1.85. The van der Waals surface area contributed by atoms with E-state index in [9.17, 15) is 0 Å². The van der Waals surface area contributed by atoms with Crippen LogP contribution in [0, 0.1) is 13.8 Å². The highest BCUT2D eigenvalue weighted by atomic mass is 15.1. The molecule has 0 bridgehead atoms. The molecule has 3 nitrogen and oxygen atoms in total. The minimum absolute atomic E-state index is 0.738. The maximum absolute atomic E-state index is 4.19. The van der Waals surface area contributed by atoms with Crippen LogP contribution in [0.5, 0.6) is 0 Å². The van der Waals surface area contributed by atoms with Gasteiger partial charge in [0.2, 0.25) is 5.95 Å². The SMILES string of the molecule is Cc1ccc(C)n1-c1ncccn1. The highest BCUT2D eigenvalue weighted by Gasteiger charge is 2.04. The Morgan fingerprint density at radius 3 is 2.08 bits per heavy atom. The maximum Gasteiger partial charge on any atom is 0.233 e. The zero-order valence-electron chi connectivity index (χ0n) is 7.73. The van der Waals surface area contributed by atoms with Crippen LogP contribution in [0.2, 0.25) is 0 Å². The molecule has 0 atom stereocenters. The van der Waals surface area contributed by atoms with E-state index >= 15 is 0 Å². The molecule has 0 spiro atoms. The molecule has 3 heteroatoms. The summed E-state index contributed by atoms with van der Waals surface area (Å²) in [5.74, 6) is 0.738. The Balaban J connectivity index is 2.59. The van der Waals surface area contributed by atoms with E-state index in [0.717, 1.165) is 17.3 Å². The highest BCUT2D eigenvalue weighted by Crippen LogP contribution is 2.11. The molecule has 0 aliphatic heterocycles. The lowest BCUT2D eigenvalue weighted by Gasteiger charge is -2.05. The van der Waals surface area contributed by atoms with Crippen molar-refractivity contribution < 1.29 is 0 Å². The summed E-state index contributed by atoms with van der Waals surface area (Å²) in [5, 5.41) is 0. The van der Waals surface area contributed by atoms with Crippen LogP contribution in [0.25, 0.3) is 5.95 Å². The quantitative estimate of drug-likeness (QED) is 0.659. The third-order valence-electron chi connectivity index (χ3n) is 2.02. The van der Waals surface area contributed by atoms with Gasteiger partial charge in [-0.3, -0.25) is 4.57 Å². The number of aryl methyl sites for hydroxylation is 2. The van der Waals surface area contributed by atoms with Gasteiger partial charge in [-0.15, -0.1) is 0 Å². The molecular weight excluding hydrogens is 162 g/mol. The van der Waals surface area contributed by atoms with Crippen molar-refractivity contribution in [2.45, 2.75) is 13.8 Å². The van der Waals surface area contributed by atoms with Crippen LogP contribution in [0.4, 0.5) is 0 Å². The van der Waals surface area contributed by atoms with Gasteiger partial charge >= 0.3 is 0 Å². The van der Waals surface area contributed by atoms with Gasteiger partial charge in [0, 0.05) is 23.8 Å². The van der Waals surface area contributed by atoms with Crippen LogP contribution >= 0.6 is 0 Å². The normalized spacial score (nSPS) is 10.3. The van der Waals surface area contributed by atoms with Crippen molar-refractivity contribution in [1.82, 2.24) is 14.5 Å². The summed E-state index contributed by atoms with van der Waals surface area (Å²) in [4.78, 5) is 8.39. The number of hydrogen-bond donors (Lipinski definition) is 0. The van der Waals surface area contributed by atoms with E-state index in [4.69, 9.17) is 0 Å². The topological polar surface area (TPSA) is 30.7 Å². The number of rotatable bonds is 1. The second kappa shape index (κ2) is 3.01. The fourth-order valence-electron chi connectivity index (χ4n) is 1.39. The number of hydrogen-bond acceptors (Lipinski definition) is 2. The lowest BCUT2D eigenvalue weighted by molar-refractivity contribution is 0.872. The zero-order chi connectivity index (χ0) is 9.26. The minimum atomic E-state index is 0.738. The minimum Gasteiger partial charge on any atom is -0.287 e. The van der Waals surface area contributed by atoms with Crippen molar-refractivity contribution in [3.8, 4) is 5.95 Å². The van der Waals surface area contributed by atoms with Gasteiger partial charge in [-0.25, -0.2) is 9.97 Å². The third-order valence-corrected chi connectivity index (χ3v) is 2.02. The largest absolute Gasteiger partial charge is 0.287 e. The first-order valence-electron chi connectivity index (χ1n) is 4.21. The van der Waals surface area contributed by atoms with E-state index in [1.165, 1.54) is 0 Å². The van der Waals surface area contributed by atoms with Crippen LogP contribution in [-0.4, -0.2) is 14.5 Å². The second-order valence-electron chi connectivity index (χ2n) is 3.00. The maximum atomic E-state index is 4.19. The molecule has 2 heterocycles. The Bertz CT molecular complexity index is 384. The summed E-state index contributed by atoms with van der Waals surface area (Å²) in [6.07, 6.45) is 3.50. The number of aromatic nitrogens is 3. The van der Waals surface area contributed by atoms with Crippen LogP contribution in [0.1, 0.15) is 11.4 Å². The van der Waals surface area contributed by atoms with Gasteiger partial charge in [0.15, 0.2) is 0 Å². The monoisotopic (exact) mass is 173 g/mol. The molecular formula is C10H11N3. The predicted octanol–water partition coefficient (Wildman–Crippen LogP) is 1.88. The van der Waals surface area contributed by atoms with E-state index in [1.807, 2.05) is 24.5 Å². The summed E-state index contributed by atoms with van der Waals surface area (Å²) in [7, 11) is 0. The lowest BCUT2D eigenvalue weighted by atomic mass is 10.5. The molecule has 0 radical (unpaired) electrons. The first-order chi connectivity index (χ1) is 6.29. The molecule has 2 aromatic heterocycles. The van der Waals surface area contributed by atoms with Crippen LogP contribution < -0.4 is 0 Å². The molecule has 0 saturated heterocycles. The average molecular weight is 173 g/mol. The Hall–Kier alpha value is -1.64. The Labute approximate surface area is 77.1 Å². The summed E-state index contributed by atoms with van der Waals surface area (Å²) < 4.78 is 2.03. The zero-order valence-corrected chi connectivity index (χ0v) is 7.73. The fourth-order valence-corrected chi connectivity index (χ4v) is 1.39. The van der Waals surface area contributed by atoms with Gasteiger partial charge in [-0.05, 0) is 32.0 Å². The molecule has 0 unspecified atom stereocenters. The third kappa shape index (κ3) is 1.33. The fraction of sp³-hybridized carbons (Fsp3) is 0.200. The predicted molar refractivity (Wildman–Crippen MR) is 50.8 cm³/mol. The van der Waals surface area contributed by atoms with Gasteiger partial charge in [-0.2, -0.15) is 0 Å². The van der Waals surface area contributed by atoms with Gasteiger partial charge in [-0.1, -0.05) is 0 Å². The van der Waals surface area contributed by atoms with Crippen molar-refractivity contribution in [1.29, 1.82) is 0 Å². The van der Waals surface area contributed by atoms with Crippen LogP contribution in [0.3, 0.4) is 0 Å². The molecule has 13 heavy (non-hydrogen) atoms. The molecule has 2 rings (SSSR count). The highest BCUT2D eigenvalue weighted by molar-refractivity contribution is 5.25. The van der Waals surface area contributed by atoms with E-state index in [-0.39, 0.29) is 0 Å². The molecule has 0 fully saturated rings. The average Bonchev–Trinajstić information content (AvgIpc) is 2.48. The molecule has 0 aliphatic carbocycles. The molecule has 2 aromatic rings. The molecule has 0 amide bonds. The second-order valence-corrected chi connectivity index (χ2v) is 3.00. The molecule has 0 aromatic carbocycles. The van der Waals surface area contributed by atoms with E-state index < -0.39 is 0 Å². The molecule has 0 saturated carbocycles. The van der Waals surface area contributed by atoms with Crippen molar-refractivity contribution in [2.75, 3.05) is 0 Å². The first-order valence-corrected chi connectivity index (χ1v) is 4.21.